The van der Waals surface area contributed by atoms with Crippen molar-refractivity contribution in [2.24, 2.45) is 0 Å². The van der Waals surface area contributed by atoms with E-state index in [1.807, 2.05) is 12.1 Å². The topological polar surface area (TPSA) is 80.4 Å². The minimum absolute atomic E-state index is 0.00694. The first-order chi connectivity index (χ1) is 14.7. The molecule has 6 N–H and O–H groups in total. The number of rotatable bonds is 2. The summed E-state index contributed by atoms with van der Waals surface area (Å²) >= 11 is 0.00694. The van der Waals surface area contributed by atoms with Crippen LogP contribution in [0.2, 0.25) is 0 Å². The predicted molar refractivity (Wildman–Crippen MR) is 123 cm³/mol. The van der Waals surface area contributed by atoms with Crippen molar-refractivity contribution in [1.82, 2.24) is 26.6 Å². The average molecular weight is 501 g/mol. The van der Waals surface area contributed by atoms with Gasteiger partial charge in [0.15, 0.2) is 0 Å². The molecule has 0 bridgehead atoms. The Morgan fingerprint density at radius 3 is 1.97 bits per heavy atom. The molecule has 0 aromatic heterocycles. The quantitative estimate of drug-likeness (QED) is 0.348. The van der Waals surface area contributed by atoms with Crippen molar-refractivity contribution in [3.8, 4) is 5.75 Å². The average Bonchev–Trinajstić information content (AvgIpc) is 2.76. The fourth-order valence-electron chi connectivity index (χ4n) is 4.18. The molecule has 6 nitrogen and oxygen atoms in total. The van der Waals surface area contributed by atoms with Crippen LogP contribution in [-0.4, -0.2) is 69.0 Å². The number of fused-ring (bicyclic) bond motifs is 1. The van der Waals surface area contributed by atoms with Crippen molar-refractivity contribution >= 4 is 20.2 Å². The van der Waals surface area contributed by atoms with Gasteiger partial charge in [-0.1, -0.05) is 25.0 Å². The molecule has 1 saturated heterocycles. The fraction of sp³-hybridized carbons (Fsp3) is 0.714. The SMILES string of the molecule is Oc1ccc(C[C@H]2CNC3CCCCC3NCCNCCNCCN2)cc1.[Cl][Mn][Cl]. The predicted octanol–water partition coefficient (Wildman–Crippen LogP) is 1.95. The fourth-order valence-corrected chi connectivity index (χ4v) is 4.18. The Kier molecular flexibility index (Phi) is 14.4. The van der Waals surface area contributed by atoms with Crippen molar-refractivity contribution in [2.45, 2.75) is 50.2 Å². The van der Waals surface area contributed by atoms with E-state index in [0.29, 0.717) is 23.9 Å². The van der Waals surface area contributed by atoms with Gasteiger partial charge in [-0.05, 0) is 37.0 Å². The summed E-state index contributed by atoms with van der Waals surface area (Å²) < 4.78 is 0. The first-order valence-electron chi connectivity index (χ1n) is 11.0. The zero-order valence-electron chi connectivity index (χ0n) is 17.6. The Morgan fingerprint density at radius 1 is 0.800 bits per heavy atom. The van der Waals surface area contributed by atoms with E-state index in [1.54, 1.807) is 12.1 Å². The number of hydrogen-bond acceptors (Lipinski definition) is 6. The van der Waals surface area contributed by atoms with Crippen molar-refractivity contribution in [3.05, 3.63) is 29.8 Å². The monoisotopic (exact) mass is 500 g/mol. The van der Waals surface area contributed by atoms with Crippen LogP contribution in [0, 0.1) is 0 Å². The van der Waals surface area contributed by atoms with Crippen molar-refractivity contribution in [3.63, 3.8) is 0 Å². The second-order valence-electron chi connectivity index (χ2n) is 7.94. The van der Waals surface area contributed by atoms with Crippen LogP contribution in [0.1, 0.15) is 31.2 Å². The normalized spacial score (nSPS) is 26.9. The van der Waals surface area contributed by atoms with Crippen molar-refractivity contribution in [1.29, 1.82) is 0 Å². The van der Waals surface area contributed by atoms with Crippen LogP contribution >= 0.6 is 20.2 Å². The van der Waals surface area contributed by atoms with E-state index in [4.69, 9.17) is 20.2 Å². The number of phenols is 1. The second-order valence-corrected chi connectivity index (χ2v) is 9.89. The molecule has 3 rings (SSSR count). The van der Waals surface area contributed by atoms with E-state index in [0.717, 1.165) is 52.2 Å². The van der Waals surface area contributed by atoms with Gasteiger partial charge in [-0.2, -0.15) is 0 Å². The zero-order valence-corrected chi connectivity index (χ0v) is 20.3. The Labute approximate surface area is 196 Å². The van der Waals surface area contributed by atoms with E-state index in [9.17, 15) is 5.11 Å². The molecule has 1 aliphatic heterocycles. The van der Waals surface area contributed by atoms with Crippen LogP contribution < -0.4 is 26.6 Å². The second kappa shape index (κ2) is 16.5. The van der Waals surface area contributed by atoms with Gasteiger partial charge in [-0.25, -0.2) is 0 Å². The Hall–Kier alpha value is -0.0805. The standard InChI is InChI=1S/C21H37N5O.2ClH.Mn/c27-19-7-5-17(6-8-19)15-18-16-26-21-4-2-1-3-20(21)25-14-12-23-10-9-22-11-13-24-18;;;/h5-8,18,20-27H,1-4,9-16H2;2*1H;/q;;;+2/p-2/t18-,20?,21?;;;/m0.../s1. The van der Waals surface area contributed by atoms with E-state index >= 15 is 0 Å². The molecule has 1 aromatic rings. The van der Waals surface area contributed by atoms with Gasteiger partial charge in [-0.15, -0.1) is 0 Å². The summed E-state index contributed by atoms with van der Waals surface area (Å²) in [6.07, 6.45) is 6.17. The minimum atomic E-state index is 0.00694. The van der Waals surface area contributed by atoms with Crippen LogP contribution in [0.3, 0.4) is 0 Å². The first-order valence-corrected chi connectivity index (χ1v) is 14.2. The number of hydrogen-bond donors (Lipinski definition) is 6. The number of benzene rings is 1. The van der Waals surface area contributed by atoms with Gasteiger partial charge in [0.1, 0.15) is 5.75 Å². The molecule has 173 valence electrons. The maximum absolute atomic E-state index is 9.52. The molecule has 2 unspecified atom stereocenters. The number of nitrogens with one attached hydrogen (secondary N) is 5. The molecule has 2 aliphatic rings. The molecule has 0 spiro atoms. The molecule has 9 heteroatoms. The molecule has 0 amide bonds. The van der Waals surface area contributed by atoms with Gasteiger partial charge in [0.25, 0.3) is 0 Å². The summed E-state index contributed by atoms with van der Waals surface area (Å²) in [4.78, 5) is 0. The van der Waals surface area contributed by atoms with E-state index in [2.05, 4.69) is 26.6 Å². The summed E-state index contributed by atoms with van der Waals surface area (Å²) in [6.45, 7) is 7.03. The molecule has 30 heavy (non-hydrogen) atoms. The third-order valence-electron chi connectivity index (χ3n) is 5.73. The number of halogens is 2. The number of phenolic OH excluding ortho intramolecular Hbond substituents is 1. The molecule has 1 aromatic carbocycles. The van der Waals surface area contributed by atoms with Gasteiger partial charge in [0.05, 0.1) is 0 Å². The van der Waals surface area contributed by atoms with Gasteiger partial charge in [-0.3, -0.25) is 0 Å². The summed E-state index contributed by atoms with van der Waals surface area (Å²) in [7, 11) is 9.59. The first kappa shape index (κ1) is 26.2. The van der Waals surface area contributed by atoms with E-state index < -0.39 is 0 Å². The van der Waals surface area contributed by atoms with Crippen molar-refractivity contribution < 1.29 is 18.2 Å². The van der Waals surface area contributed by atoms with Gasteiger partial charge in [0.2, 0.25) is 0 Å². The van der Waals surface area contributed by atoms with Gasteiger partial charge < -0.3 is 31.7 Å². The van der Waals surface area contributed by atoms with Crippen LogP contribution in [0.4, 0.5) is 0 Å². The Bertz CT molecular complexity index is 555. The third-order valence-corrected chi connectivity index (χ3v) is 5.73. The van der Waals surface area contributed by atoms with Crippen LogP contribution in [0.5, 0.6) is 5.75 Å². The van der Waals surface area contributed by atoms with Crippen LogP contribution in [-0.2, 0) is 19.6 Å². The van der Waals surface area contributed by atoms with Crippen LogP contribution in [0.15, 0.2) is 24.3 Å². The molecule has 1 heterocycles. The molecule has 2 fully saturated rings. The Morgan fingerprint density at radius 2 is 1.33 bits per heavy atom. The maximum atomic E-state index is 9.52. The molecule has 0 radical (unpaired) electrons. The summed E-state index contributed by atoms with van der Waals surface area (Å²) in [6, 6.07) is 9.16. The third kappa shape index (κ3) is 11.0. The summed E-state index contributed by atoms with van der Waals surface area (Å²) in [5.41, 5.74) is 1.26. The molecule has 1 saturated carbocycles. The number of aromatic hydroxyl groups is 1. The van der Waals surface area contributed by atoms with Gasteiger partial charge in [0, 0.05) is 63.9 Å². The van der Waals surface area contributed by atoms with Gasteiger partial charge >= 0.3 is 33.3 Å². The molecular weight excluding hydrogens is 464 g/mol. The zero-order chi connectivity index (χ0) is 21.4. The molecular formula is C21H37Cl2MnN5O. The molecule has 3 atom stereocenters. The van der Waals surface area contributed by atoms with Crippen LogP contribution in [0.25, 0.3) is 0 Å². The molecule has 1 aliphatic carbocycles. The van der Waals surface area contributed by atoms with E-state index in [1.165, 1.54) is 31.2 Å². The summed E-state index contributed by atoms with van der Waals surface area (Å²) in [5.74, 6) is 0.334. The summed E-state index contributed by atoms with van der Waals surface area (Å²) in [5, 5.41) is 27.9. The van der Waals surface area contributed by atoms with E-state index in [-0.39, 0.29) is 13.1 Å². The van der Waals surface area contributed by atoms with Crippen molar-refractivity contribution in [2.75, 3.05) is 45.8 Å². The Balaban J connectivity index is 0.00000101.